The Morgan fingerprint density at radius 3 is 2.67 bits per heavy atom. The van der Waals surface area contributed by atoms with Crippen LogP contribution in [0.25, 0.3) is 16.6 Å². The molecule has 154 valence electrons. The van der Waals surface area contributed by atoms with E-state index in [1.54, 1.807) is 18.3 Å². The molecule has 0 aliphatic carbocycles. The first-order chi connectivity index (χ1) is 14.6. The molecule has 1 aliphatic heterocycles. The number of nitrogens with zero attached hydrogens (tertiary/aromatic N) is 3. The maximum atomic E-state index is 12.5. The van der Waals surface area contributed by atoms with Crippen LogP contribution in [0.15, 0.2) is 59.8 Å². The summed E-state index contributed by atoms with van der Waals surface area (Å²) >= 11 is 0. The smallest absolute Gasteiger partial charge is 0.251 e. The van der Waals surface area contributed by atoms with Gasteiger partial charge < -0.3 is 15.5 Å². The van der Waals surface area contributed by atoms with Crippen molar-refractivity contribution in [1.82, 2.24) is 20.4 Å². The van der Waals surface area contributed by atoms with Crippen LogP contribution in [0.5, 0.6) is 0 Å². The third-order valence-corrected chi connectivity index (χ3v) is 5.41. The van der Waals surface area contributed by atoms with Crippen molar-refractivity contribution in [3.8, 4) is 0 Å². The van der Waals surface area contributed by atoms with E-state index in [9.17, 15) is 4.79 Å². The number of piperidine rings is 1. The monoisotopic (exact) mass is 403 g/mol. The molecule has 0 unspecified atom stereocenters. The van der Waals surface area contributed by atoms with E-state index in [0.29, 0.717) is 17.0 Å². The van der Waals surface area contributed by atoms with Crippen LogP contribution in [0, 0.1) is 5.53 Å². The number of H-pyrrole nitrogens is 1. The Morgan fingerprint density at radius 1 is 1.20 bits per heavy atom. The van der Waals surface area contributed by atoms with Gasteiger partial charge in [-0.25, -0.2) is 5.53 Å². The van der Waals surface area contributed by atoms with Crippen LogP contribution >= 0.6 is 0 Å². The molecule has 0 radical (unpaired) electrons. The molecule has 1 amide bonds. The molecule has 4 rings (SSSR count). The number of rotatable bonds is 6. The predicted molar refractivity (Wildman–Crippen MR) is 117 cm³/mol. The van der Waals surface area contributed by atoms with Gasteiger partial charge in [0.05, 0.1) is 5.52 Å². The highest BCUT2D eigenvalue weighted by Gasteiger charge is 2.19. The van der Waals surface area contributed by atoms with Gasteiger partial charge >= 0.3 is 0 Å². The average molecular weight is 403 g/mol. The summed E-state index contributed by atoms with van der Waals surface area (Å²) < 4.78 is 0. The van der Waals surface area contributed by atoms with Gasteiger partial charge in [0.25, 0.3) is 5.91 Å². The lowest BCUT2D eigenvalue weighted by Gasteiger charge is -2.29. The van der Waals surface area contributed by atoms with Gasteiger partial charge in [-0.3, -0.25) is 9.89 Å². The first-order valence-corrected chi connectivity index (χ1v) is 10.0. The van der Waals surface area contributed by atoms with Crippen LogP contribution in [-0.2, 0) is 0 Å². The number of aromatic nitrogens is 2. The van der Waals surface area contributed by atoms with Crippen molar-refractivity contribution in [3.63, 3.8) is 0 Å². The topological polar surface area (TPSA) is 109 Å². The summed E-state index contributed by atoms with van der Waals surface area (Å²) in [5.74, 6) is -0.0449. The third kappa shape index (κ3) is 4.38. The summed E-state index contributed by atoms with van der Waals surface area (Å²) in [5, 5.41) is 18.0. The molecule has 1 saturated heterocycles. The minimum atomic E-state index is -0.0449. The summed E-state index contributed by atoms with van der Waals surface area (Å²) in [7, 11) is 2.10. The third-order valence-electron chi connectivity index (χ3n) is 5.41. The molecule has 4 N–H and O–H groups in total. The lowest BCUT2D eigenvalue weighted by atomic mass is 10.0. The Balaban J connectivity index is 1.41. The predicted octanol–water partition coefficient (Wildman–Crippen LogP) is 3.83. The number of carbonyl (C=O) groups is 1. The molecule has 0 spiro atoms. The molecule has 1 aliphatic rings. The second kappa shape index (κ2) is 8.87. The summed E-state index contributed by atoms with van der Waals surface area (Å²) in [6.45, 7) is 2.02. The maximum absolute atomic E-state index is 12.5. The van der Waals surface area contributed by atoms with Crippen LogP contribution < -0.4 is 10.6 Å². The minimum Gasteiger partial charge on any atom is -0.360 e. The molecule has 2 heterocycles. The average Bonchev–Trinajstić information content (AvgIpc) is 3.20. The molecule has 3 aromatic rings. The zero-order valence-electron chi connectivity index (χ0n) is 16.9. The van der Waals surface area contributed by atoms with E-state index >= 15 is 0 Å². The largest absolute Gasteiger partial charge is 0.360 e. The molecule has 30 heavy (non-hydrogen) atoms. The SMILES string of the molecule is CN1CCC(NC(=O)c2ccc(N/C=C(\N=N)c3n[nH]c4ccccc34)cc2)CC1. The van der Waals surface area contributed by atoms with Crippen molar-refractivity contribution >= 4 is 28.2 Å². The number of para-hydroxylation sites is 1. The van der Waals surface area contributed by atoms with Crippen molar-refractivity contribution in [2.45, 2.75) is 18.9 Å². The van der Waals surface area contributed by atoms with Gasteiger partial charge in [-0.15, -0.1) is 0 Å². The molecular weight excluding hydrogens is 378 g/mol. The molecule has 8 heteroatoms. The zero-order chi connectivity index (χ0) is 20.9. The first-order valence-electron chi connectivity index (χ1n) is 10.0. The Morgan fingerprint density at radius 2 is 1.93 bits per heavy atom. The number of nitrogens with one attached hydrogen (secondary N) is 4. The number of carbonyl (C=O) groups excluding carboxylic acids is 1. The summed E-state index contributed by atoms with van der Waals surface area (Å²) in [6.07, 6.45) is 3.60. The number of hydrogen-bond donors (Lipinski definition) is 4. The van der Waals surface area contributed by atoms with Crippen molar-refractivity contribution in [1.29, 1.82) is 5.53 Å². The fourth-order valence-corrected chi connectivity index (χ4v) is 3.60. The van der Waals surface area contributed by atoms with E-state index in [0.717, 1.165) is 42.5 Å². The second-order valence-corrected chi connectivity index (χ2v) is 7.53. The van der Waals surface area contributed by atoms with E-state index in [1.807, 2.05) is 36.4 Å². The highest BCUT2D eigenvalue weighted by atomic mass is 16.1. The van der Waals surface area contributed by atoms with E-state index < -0.39 is 0 Å². The van der Waals surface area contributed by atoms with Gasteiger partial charge in [0.2, 0.25) is 0 Å². The van der Waals surface area contributed by atoms with Crippen molar-refractivity contribution in [2.24, 2.45) is 5.11 Å². The molecular formula is C22H25N7O. The fourth-order valence-electron chi connectivity index (χ4n) is 3.60. The van der Waals surface area contributed by atoms with Crippen molar-refractivity contribution in [2.75, 3.05) is 25.5 Å². The number of fused-ring (bicyclic) bond motifs is 1. The highest BCUT2D eigenvalue weighted by Crippen LogP contribution is 2.23. The minimum absolute atomic E-state index is 0.0449. The van der Waals surface area contributed by atoms with Crippen LogP contribution in [0.3, 0.4) is 0 Å². The molecule has 8 nitrogen and oxygen atoms in total. The first kappa shape index (κ1) is 19.8. The van der Waals surface area contributed by atoms with Gasteiger partial charge in [-0.2, -0.15) is 10.2 Å². The molecule has 0 bridgehead atoms. The normalized spacial score (nSPS) is 15.8. The molecule has 2 aromatic carbocycles. The lowest BCUT2D eigenvalue weighted by molar-refractivity contribution is 0.0917. The highest BCUT2D eigenvalue weighted by molar-refractivity contribution is 5.95. The summed E-state index contributed by atoms with van der Waals surface area (Å²) in [6, 6.07) is 15.2. The molecule has 1 aromatic heterocycles. The fraction of sp³-hybridized carbons (Fsp3) is 0.273. The number of benzene rings is 2. The number of anilines is 1. The Labute approximate surface area is 174 Å². The van der Waals surface area contributed by atoms with E-state index in [-0.39, 0.29) is 11.9 Å². The van der Waals surface area contributed by atoms with Crippen LogP contribution in [0.2, 0.25) is 0 Å². The quantitative estimate of drug-likeness (QED) is 0.469. The summed E-state index contributed by atoms with van der Waals surface area (Å²) in [4.78, 5) is 14.8. The van der Waals surface area contributed by atoms with Crippen LogP contribution in [0.4, 0.5) is 5.69 Å². The van der Waals surface area contributed by atoms with Gasteiger partial charge in [-0.05, 0) is 63.3 Å². The lowest BCUT2D eigenvalue weighted by Crippen LogP contribution is -2.43. The van der Waals surface area contributed by atoms with Crippen LogP contribution in [-0.4, -0.2) is 47.2 Å². The van der Waals surface area contributed by atoms with Crippen molar-refractivity contribution < 1.29 is 4.79 Å². The van der Waals surface area contributed by atoms with E-state index in [1.165, 1.54) is 0 Å². The van der Waals surface area contributed by atoms with Crippen molar-refractivity contribution in [3.05, 3.63) is 66.0 Å². The Bertz CT molecular complexity index is 1060. The van der Waals surface area contributed by atoms with Gasteiger partial charge in [-0.1, -0.05) is 18.2 Å². The number of likely N-dealkylation sites (tertiary alicyclic amines) is 1. The summed E-state index contributed by atoms with van der Waals surface area (Å²) in [5.41, 5.74) is 10.9. The van der Waals surface area contributed by atoms with Crippen LogP contribution in [0.1, 0.15) is 28.9 Å². The number of aromatic amines is 1. The Hall–Kier alpha value is -3.52. The second-order valence-electron chi connectivity index (χ2n) is 7.53. The number of amides is 1. The molecule has 0 atom stereocenters. The van der Waals surface area contributed by atoms with E-state index in [2.05, 4.69) is 37.9 Å². The van der Waals surface area contributed by atoms with Gasteiger partial charge in [0.15, 0.2) is 0 Å². The Kier molecular flexibility index (Phi) is 5.85. The molecule has 0 saturated carbocycles. The molecule has 1 fully saturated rings. The maximum Gasteiger partial charge on any atom is 0.251 e. The number of hydrogen-bond acceptors (Lipinski definition) is 6. The zero-order valence-corrected chi connectivity index (χ0v) is 16.9. The van der Waals surface area contributed by atoms with Gasteiger partial charge in [0.1, 0.15) is 11.4 Å². The van der Waals surface area contributed by atoms with Gasteiger partial charge in [0, 0.05) is 28.9 Å². The van der Waals surface area contributed by atoms with E-state index in [4.69, 9.17) is 5.53 Å². The standard InChI is InChI=1S/C22H25N7O/c1-29-12-10-17(11-13-29)25-22(30)15-6-8-16(9-7-15)24-14-20(26-23)21-18-4-2-3-5-19(18)27-28-21/h2-9,14,17,23-24H,10-13H2,1H3,(H,25,30)(H,27,28)/b20-14-,26-23?.